The smallest absolute Gasteiger partial charge is 0.253 e. The topological polar surface area (TPSA) is 46.3 Å². The Labute approximate surface area is 145 Å². The summed E-state index contributed by atoms with van der Waals surface area (Å²) in [6.07, 6.45) is 2.27. The largest absolute Gasteiger partial charge is 0.341 e. The van der Waals surface area contributed by atoms with Gasteiger partial charge in [-0.15, -0.1) is 0 Å². The molecule has 23 heavy (non-hydrogen) atoms. The van der Waals surface area contributed by atoms with Crippen LogP contribution in [0.4, 0.5) is 0 Å². The first-order chi connectivity index (χ1) is 11.0. The fourth-order valence-electron chi connectivity index (χ4n) is 3.02. The second-order valence-electron chi connectivity index (χ2n) is 6.35. The van der Waals surface area contributed by atoms with E-state index in [0.717, 1.165) is 35.0 Å². The van der Waals surface area contributed by atoms with Crippen LogP contribution < -0.4 is 5.73 Å². The predicted molar refractivity (Wildman–Crippen MR) is 96.3 cm³/mol. The maximum absolute atomic E-state index is 12.6. The Morgan fingerprint density at radius 1 is 1.13 bits per heavy atom. The van der Waals surface area contributed by atoms with Crippen molar-refractivity contribution >= 4 is 21.8 Å². The first kappa shape index (κ1) is 16.2. The summed E-state index contributed by atoms with van der Waals surface area (Å²) in [6.45, 7) is 1.25. The van der Waals surface area contributed by atoms with Crippen molar-refractivity contribution in [3.05, 3.63) is 69.7 Å². The molecule has 1 fully saturated rings. The van der Waals surface area contributed by atoms with Gasteiger partial charge in [0.15, 0.2) is 0 Å². The molecule has 4 heteroatoms. The molecule has 2 aromatic rings. The molecule has 120 valence electrons. The standard InChI is InChI=1S/C19H21BrN2O/c1-22(18(23)15-4-2-14(12-21)3-5-15)13-19(10-11-19)16-6-8-17(20)9-7-16/h2-9H,10-13,21H2,1H3. The molecule has 1 amide bonds. The van der Waals surface area contributed by atoms with Crippen molar-refractivity contribution in [2.75, 3.05) is 13.6 Å². The van der Waals surface area contributed by atoms with Crippen LogP contribution in [0.5, 0.6) is 0 Å². The van der Waals surface area contributed by atoms with Gasteiger partial charge in [0.25, 0.3) is 5.91 Å². The van der Waals surface area contributed by atoms with E-state index in [2.05, 4.69) is 40.2 Å². The second-order valence-corrected chi connectivity index (χ2v) is 7.27. The number of carbonyl (C=O) groups excluding carboxylic acids is 1. The highest BCUT2D eigenvalue weighted by Gasteiger charge is 2.45. The summed E-state index contributed by atoms with van der Waals surface area (Å²) in [5, 5.41) is 0. The Morgan fingerprint density at radius 3 is 2.26 bits per heavy atom. The van der Waals surface area contributed by atoms with E-state index in [-0.39, 0.29) is 11.3 Å². The van der Waals surface area contributed by atoms with Crippen molar-refractivity contribution in [1.29, 1.82) is 0 Å². The van der Waals surface area contributed by atoms with Crippen LogP contribution in [0.2, 0.25) is 0 Å². The van der Waals surface area contributed by atoms with Crippen LogP contribution in [0.1, 0.15) is 34.3 Å². The first-order valence-corrected chi connectivity index (χ1v) is 8.64. The third-order valence-electron chi connectivity index (χ3n) is 4.63. The average Bonchev–Trinajstić information content (AvgIpc) is 3.35. The second kappa shape index (κ2) is 6.46. The van der Waals surface area contributed by atoms with Gasteiger partial charge in [0.1, 0.15) is 0 Å². The number of rotatable bonds is 5. The van der Waals surface area contributed by atoms with Gasteiger partial charge in [0.05, 0.1) is 0 Å². The van der Waals surface area contributed by atoms with Crippen LogP contribution >= 0.6 is 15.9 Å². The van der Waals surface area contributed by atoms with E-state index >= 15 is 0 Å². The first-order valence-electron chi connectivity index (χ1n) is 7.85. The zero-order chi connectivity index (χ0) is 16.4. The number of hydrogen-bond acceptors (Lipinski definition) is 2. The summed E-state index contributed by atoms with van der Waals surface area (Å²) in [7, 11) is 1.89. The fourth-order valence-corrected chi connectivity index (χ4v) is 3.29. The molecule has 0 unspecified atom stereocenters. The monoisotopic (exact) mass is 372 g/mol. The van der Waals surface area contributed by atoms with Crippen LogP contribution in [0.25, 0.3) is 0 Å². The van der Waals surface area contributed by atoms with Gasteiger partial charge in [-0.1, -0.05) is 40.2 Å². The molecular formula is C19H21BrN2O. The lowest BCUT2D eigenvalue weighted by molar-refractivity contribution is 0.0781. The van der Waals surface area contributed by atoms with E-state index in [1.807, 2.05) is 36.2 Å². The Bertz CT molecular complexity index is 690. The van der Waals surface area contributed by atoms with E-state index in [0.29, 0.717) is 6.54 Å². The van der Waals surface area contributed by atoms with Crippen LogP contribution in [-0.2, 0) is 12.0 Å². The normalized spacial score (nSPS) is 15.3. The summed E-state index contributed by atoms with van der Waals surface area (Å²) in [4.78, 5) is 14.5. The van der Waals surface area contributed by atoms with E-state index < -0.39 is 0 Å². The summed E-state index contributed by atoms with van der Waals surface area (Å²) >= 11 is 3.48. The number of benzene rings is 2. The molecule has 3 rings (SSSR count). The van der Waals surface area contributed by atoms with Gasteiger partial charge in [-0.3, -0.25) is 4.79 Å². The van der Waals surface area contributed by atoms with Gasteiger partial charge < -0.3 is 10.6 Å². The van der Waals surface area contributed by atoms with Crippen molar-refractivity contribution in [2.45, 2.75) is 24.8 Å². The van der Waals surface area contributed by atoms with Crippen molar-refractivity contribution in [2.24, 2.45) is 5.73 Å². The quantitative estimate of drug-likeness (QED) is 0.869. The molecule has 0 bridgehead atoms. The number of nitrogens with two attached hydrogens (primary N) is 1. The third-order valence-corrected chi connectivity index (χ3v) is 5.16. The van der Waals surface area contributed by atoms with Crippen molar-refractivity contribution < 1.29 is 4.79 Å². The number of nitrogens with zero attached hydrogens (tertiary/aromatic N) is 1. The molecule has 2 N–H and O–H groups in total. The zero-order valence-corrected chi connectivity index (χ0v) is 14.8. The molecule has 0 spiro atoms. The Morgan fingerprint density at radius 2 is 1.74 bits per heavy atom. The molecule has 0 aromatic heterocycles. The average molecular weight is 373 g/mol. The Balaban J connectivity index is 1.71. The highest BCUT2D eigenvalue weighted by atomic mass is 79.9. The van der Waals surface area contributed by atoms with Gasteiger partial charge in [0.2, 0.25) is 0 Å². The molecule has 2 aromatic carbocycles. The van der Waals surface area contributed by atoms with Gasteiger partial charge in [0, 0.05) is 35.6 Å². The van der Waals surface area contributed by atoms with Gasteiger partial charge in [-0.2, -0.15) is 0 Å². The number of amides is 1. The highest BCUT2D eigenvalue weighted by Crippen LogP contribution is 2.48. The predicted octanol–water partition coefficient (Wildman–Crippen LogP) is 3.71. The number of hydrogen-bond donors (Lipinski definition) is 1. The lowest BCUT2D eigenvalue weighted by Crippen LogP contribution is -2.34. The molecule has 0 saturated heterocycles. The number of carbonyl (C=O) groups is 1. The molecular weight excluding hydrogens is 352 g/mol. The fraction of sp³-hybridized carbons (Fsp3) is 0.316. The summed E-state index contributed by atoms with van der Waals surface area (Å²) in [6, 6.07) is 16.0. The van der Waals surface area contributed by atoms with Crippen LogP contribution in [0.3, 0.4) is 0 Å². The molecule has 1 aliphatic carbocycles. The van der Waals surface area contributed by atoms with E-state index in [9.17, 15) is 4.79 Å². The zero-order valence-electron chi connectivity index (χ0n) is 13.3. The molecule has 0 radical (unpaired) electrons. The van der Waals surface area contributed by atoms with Crippen LogP contribution in [-0.4, -0.2) is 24.4 Å². The maximum atomic E-state index is 12.6. The summed E-state index contributed by atoms with van der Waals surface area (Å²) < 4.78 is 1.08. The van der Waals surface area contributed by atoms with Gasteiger partial charge in [-0.25, -0.2) is 0 Å². The van der Waals surface area contributed by atoms with E-state index in [4.69, 9.17) is 5.73 Å². The van der Waals surface area contributed by atoms with Gasteiger partial charge >= 0.3 is 0 Å². The van der Waals surface area contributed by atoms with Crippen molar-refractivity contribution in [3.8, 4) is 0 Å². The maximum Gasteiger partial charge on any atom is 0.253 e. The van der Waals surface area contributed by atoms with Crippen LogP contribution in [0, 0.1) is 0 Å². The Kier molecular flexibility index (Phi) is 4.55. The van der Waals surface area contributed by atoms with Crippen molar-refractivity contribution in [1.82, 2.24) is 4.90 Å². The third kappa shape index (κ3) is 3.48. The van der Waals surface area contributed by atoms with Crippen molar-refractivity contribution in [3.63, 3.8) is 0 Å². The van der Waals surface area contributed by atoms with Gasteiger partial charge in [-0.05, 0) is 48.2 Å². The molecule has 1 aliphatic rings. The lowest BCUT2D eigenvalue weighted by Gasteiger charge is -2.24. The minimum atomic E-state index is 0.0666. The number of halogens is 1. The van der Waals surface area contributed by atoms with E-state index in [1.165, 1.54) is 5.56 Å². The lowest BCUT2D eigenvalue weighted by atomic mass is 9.95. The minimum Gasteiger partial charge on any atom is -0.341 e. The van der Waals surface area contributed by atoms with E-state index in [1.54, 1.807) is 0 Å². The number of likely N-dealkylation sites (N-methyl/N-ethyl adjacent to an activating group) is 1. The summed E-state index contributed by atoms with van der Waals surface area (Å²) in [5.74, 6) is 0.0666. The van der Waals surface area contributed by atoms with Crippen LogP contribution in [0.15, 0.2) is 53.0 Å². The summed E-state index contributed by atoms with van der Waals surface area (Å²) in [5.41, 5.74) is 8.81. The molecule has 0 aliphatic heterocycles. The molecule has 0 heterocycles. The molecule has 1 saturated carbocycles. The Hall–Kier alpha value is -1.65. The molecule has 0 atom stereocenters. The molecule has 3 nitrogen and oxygen atoms in total. The SMILES string of the molecule is CN(CC1(c2ccc(Br)cc2)CC1)C(=O)c1ccc(CN)cc1. The highest BCUT2D eigenvalue weighted by molar-refractivity contribution is 9.10. The minimum absolute atomic E-state index is 0.0666.